The molecule has 1 N–H and O–H groups in total. The maximum atomic E-state index is 13.4. The lowest BCUT2D eigenvalue weighted by Crippen LogP contribution is -2.22. The van der Waals surface area contributed by atoms with Crippen LogP contribution in [0, 0.1) is 0 Å². The summed E-state index contributed by atoms with van der Waals surface area (Å²) in [4.78, 5) is 13.4. The van der Waals surface area contributed by atoms with E-state index >= 15 is 0 Å². The van der Waals surface area contributed by atoms with E-state index in [0.29, 0.717) is 16.8 Å². The molecule has 26 heavy (non-hydrogen) atoms. The number of nitrogens with zero attached hydrogens (tertiary/aromatic N) is 1. The van der Waals surface area contributed by atoms with Crippen LogP contribution in [0.25, 0.3) is 28.1 Å². The molecule has 3 heteroatoms. The van der Waals surface area contributed by atoms with Gasteiger partial charge in [-0.3, -0.25) is 9.36 Å². The highest BCUT2D eigenvalue weighted by atomic mass is 16.3. The molecule has 4 aromatic rings. The highest BCUT2D eigenvalue weighted by Crippen LogP contribution is 2.31. The molecule has 0 bridgehead atoms. The summed E-state index contributed by atoms with van der Waals surface area (Å²) in [6.07, 6.45) is 0. The molecule has 0 aliphatic heterocycles. The van der Waals surface area contributed by atoms with Gasteiger partial charge in [0.2, 0.25) is 0 Å². The van der Waals surface area contributed by atoms with Gasteiger partial charge in [-0.2, -0.15) is 0 Å². The monoisotopic (exact) mass is 339 g/mol. The fourth-order valence-corrected chi connectivity index (χ4v) is 3.13. The smallest absolute Gasteiger partial charge is 0.267 e. The first kappa shape index (κ1) is 15.9. The van der Waals surface area contributed by atoms with Crippen molar-refractivity contribution in [1.29, 1.82) is 0 Å². The lowest BCUT2D eigenvalue weighted by Gasteiger charge is -2.16. The van der Waals surface area contributed by atoms with Crippen molar-refractivity contribution < 1.29 is 5.11 Å². The zero-order valence-electron chi connectivity index (χ0n) is 14.0. The number of aromatic nitrogens is 1. The maximum absolute atomic E-state index is 13.4. The summed E-state index contributed by atoms with van der Waals surface area (Å²) in [6.45, 7) is 0. The maximum Gasteiger partial charge on any atom is 0.267 e. The summed E-state index contributed by atoms with van der Waals surface area (Å²) in [6, 6.07) is 30.0. The number of aromatic hydroxyl groups is 1. The van der Waals surface area contributed by atoms with Gasteiger partial charge in [-0.1, -0.05) is 78.9 Å². The van der Waals surface area contributed by atoms with Crippen LogP contribution in [0.5, 0.6) is 5.75 Å². The van der Waals surface area contributed by atoms with E-state index in [4.69, 9.17) is 0 Å². The Hall–Kier alpha value is -3.59. The summed E-state index contributed by atoms with van der Waals surface area (Å²) in [5.41, 5.74) is 3.02. The number of hydrogen-bond acceptors (Lipinski definition) is 2. The molecule has 0 spiro atoms. The van der Waals surface area contributed by atoms with Crippen LogP contribution in [0.3, 0.4) is 0 Å². The van der Waals surface area contributed by atoms with Crippen molar-refractivity contribution >= 4 is 0 Å². The second-order valence-corrected chi connectivity index (χ2v) is 6.00. The Bertz CT molecular complexity index is 1090. The highest BCUT2D eigenvalue weighted by Gasteiger charge is 2.18. The molecule has 3 aromatic carbocycles. The van der Waals surface area contributed by atoms with Crippen molar-refractivity contribution in [2.24, 2.45) is 0 Å². The zero-order chi connectivity index (χ0) is 17.9. The minimum absolute atomic E-state index is 0.0211. The van der Waals surface area contributed by atoms with Crippen molar-refractivity contribution in [2.75, 3.05) is 0 Å². The average Bonchev–Trinajstić information content (AvgIpc) is 2.70. The Morgan fingerprint density at radius 2 is 1.15 bits per heavy atom. The van der Waals surface area contributed by atoms with Gasteiger partial charge in [-0.25, -0.2) is 0 Å². The number of pyridine rings is 1. The third-order valence-corrected chi connectivity index (χ3v) is 4.33. The SMILES string of the molecule is O=c1c(-c2ccccc2)c(O)cc(-c2ccccc2)n1-c1ccccc1. The van der Waals surface area contributed by atoms with Crippen LogP contribution in [0.2, 0.25) is 0 Å². The minimum atomic E-state index is -0.249. The summed E-state index contributed by atoms with van der Waals surface area (Å²) in [7, 11) is 0. The first-order valence-electron chi connectivity index (χ1n) is 8.41. The van der Waals surface area contributed by atoms with Crippen LogP contribution in [0.1, 0.15) is 0 Å². The fraction of sp³-hybridized carbons (Fsp3) is 0. The summed E-state index contributed by atoms with van der Waals surface area (Å²) >= 11 is 0. The summed E-state index contributed by atoms with van der Waals surface area (Å²) in [5, 5.41) is 10.6. The van der Waals surface area contributed by atoms with Crippen LogP contribution in [0.4, 0.5) is 0 Å². The van der Waals surface area contributed by atoms with Crippen molar-refractivity contribution in [3.63, 3.8) is 0 Å². The molecular weight excluding hydrogens is 322 g/mol. The third kappa shape index (κ3) is 2.80. The van der Waals surface area contributed by atoms with E-state index in [-0.39, 0.29) is 11.3 Å². The Labute approximate surface area is 151 Å². The molecule has 0 unspecified atom stereocenters. The lowest BCUT2D eigenvalue weighted by molar-refractivity contribution is 0.475. The molecule has 3 nitrogen and oxygen atoms in total. The molecule has 0 amide bonds. The predicted octanol–water partition coefficient (Wildman–Crippen LogP) is 4.88. The Kier molecular flexibility index (Phi) is 4.12. The molecule has 0 saturated carbocycles. The van der Waals surface area contributed by atoms with E-state index in [9.17, 15) is 9.90 Å². The van der Waals surface area contributed by atoms with Gasteiger partial charge in [-0.15, -0.1) is 0 Å². The van der Waals surface area contributed by atoms with E-state index in [0.717, 1.165) is 11.3 Å². The molecule has 0 saturated heterocycles. The molecule has 0 radical (unpaired) electrons. The summed E-state index contributed by atoms with van der Waals surface area (Å²) < 4.78 is 1.65. The average molecular weight is 339 g/mol. The van der Waals surface area contributed by atoms with Gasteiger partial charge in [0.05, 0.1) is 11.3 Å². The van der Waals surface area contributed by atoms with Crippen LogP contribution in [-0.4, -0.2) is 9.67 Å². The first-order valence-corrected chi connectivity index (χ1v) is 8.41. The molecule has 0 aliphatic rings. The molecule has 0 aliphatic carbocycles. The van der Waals surface area contributed by atoms with E-state index in [2.05, 4.69) is 0 Å². The van der Waals surface area contributed by atoms with Crippen molar-refractivity contribution in [1.82, 2.24) is 4.57 Å². The molecule has 0 fully saturated rings. The van der Waals surface area contributed by atoms with Gasteiger partial charge >= 0.3 is 0 Å². The van der Waals surface area contributed by atoms with Gasteiger partial charge in [0.25, 0.3) is 5.56 Å². The zero-order valence-corrected chi connectivity index (χ0v) is 14.0. The molecular formula is C23H17NO2. The predicted molar refractivity (Wildman–Crippen MR) is 105 cm³/mol. The molecule has 1 heterocycles. The standard InChI is InChI=1S/C23H17NO2/c25-21-16-20(17-10-4-1-5-11-17)24(19-14-8-3-9-15-19)23(26)22(21)18-12-6-2-7-13-18/h1-16,25H. The van der Waals surface area contributed by atoms with E-state index in [1.54, 1.807) is 10.6 Å². The molecule has 1 aromatic heterocycles. The molecule has 126 valence electrons. The minimum Gasteiger partial charge on any atom is -0.507 e. The van der Waals surface area contributed by atoms with Gasteiger partial charge in [0.1, 0.15) is 5.75 Å². The number of para-hydroxylation sites is 1. The van der Waals surface area contributed by atoms with Crippen molar-refractivity contribution in [3.05, 3.63) is 107 Å². The van der Waals surface area contributed by atoms with Crippen LogP contribution in [0.15, 0.2) is 102 Å². The number of rotatable bonds is 3. The Morgan fingerprint density at radius 1 is 0.654 bits per heavy atom. The summed E-state index contributed by atoms with van der Waals surface area (Å²) in [5.74, 6) is -0.0211. The molecule has 0 atom stereocenters. The quantitative estimate of drug-likeness (QED) is 0.578. The number of hydrogen-bond donors (Lipinski definition) is 1. The van der Waals surface area contributed by atoms with E-state index in [1.165, 1.54) is 0 Å². The second kappa shape index (κ2) is 6.73. The van der Waals surface area contributed by atoms with Crippen LogP contribution >= 0.6 is 0 Å². The first-order chi connectivity index (χ1) is 12.8. The fourth-order valence-electron chi connectivity index (χ4n) is 3.13. The van der Waals surface area contributed by atoms with Crippen LogP contribution in [-0.2, 0) is 0 Å². The topological polar surface area (TPSA) is 42.2 Å². The third-order valence-electron chi connectivity index (χ3n) is 4.33. The van der Waals surface area contributed by atoms with Gasteiger partial charge in [0, 0.05) is 11.8 Å². The number of benzene rings is 3. The van der Waals surface area contributed by atoms with E-state index in [1.807, 2.05) is 91.0 Å². The second-order valence-electron chi connectivity index (χ2n) is 6.00. The van der Waals surface area contributed by atoms with Crippen molar-refractivity contribution in [3.8, 4) is 33.8 Å². The van der Waals surface area contributed by atoms with Crippen molar-refractivity contribution in [2.45, 2.75) is 0 Å². The van der Waals surface area contributed by atoms with E-state index < -0.39 is 0 Å². The largest absolute Gasteiger partial charge is 0.507 e. The lowest BCUT2D eigenvalue weighted by atomic mass is 10.0. The van der Waals surface area contributed by atoms with Gasteiger partial charge in [-0.05, 0) is 23.3 Å². The molecule has 4 rings (SSSR count). The Balaban J connectivity index is 2.07. The van der Waals surface area contributed by atoms with Crippen LogP contribution < -0.4 is 5.56 Å². The highest BCUT2D eigenvalue weighted by molar-refractivity contribution is 5.74. The Morgan fingerprint density at radius 3 is 1.73 bits per heavy atom. The normalized spacial score (nSPS) is 10.6. The van der Waals surface area contributed by atoms with Gasteiger partial charge in [0.15, 0.2) is 0 Å². The van der Waals surface area contributed by atoms with Gasteiger partial charge < -0.3 is 5.11 Å².